The molecule has 21 heavy (non-hydrogen) atoms. The zero-order chi connectivity index (χ0) is 15.6. The number of anilines is 2. The molecule has 2 aromatic rings. The molecule has 0 saturated carbocycles. The number of rotatable bonds is 3. The van der Waals surface area contributed by atoms with E-state index in [1.807, 2.05) is 0 Å². The molecular formula is C15H14FN3O2. The second-order valence-corrected chi connectivity index (χ2v) is 4.57. The molecule has 6 heteroatoms. The molecule has 0 heterocycles. The lowest BCUT2D eigenvalue weighted by Gasteiger charge is -2.11. The largest absolute Gasteiger partial charge is 0.399 e. The molecule has 108 valence electrons. The van der Waals surface area contributed by atoms with Crippen LogP contribution in [-0.2, 0) is 0 Å². The lowest BCUT2D eigenvalue weighted by molar-refractivity contribution is 0.0995. The highest BCUT2D eigenvalue weighted by Crippen LogP contribution is 2.21. The van der Waals surface area contributed by atoms with Gasteiger partial charge in [-0.05, 0) is 43.3 Å². The van der Waals surface area contributed by atoms with Crippen LogP contribution in [-0.4, -0.2) is 11.8 Å². The lowest BCUT2D eigenvalue weighted by Crippen LogP contribution is -2.16. The molecule has 2 rings (SSSR count). The van der Waals surface area contributed by atoms with Crippen molar-refractivity contribution < 1.29 is 14.0 Å². The molecule has 0 spiro atoms. The number of nitrogens with one attached hydrogen (secondary N) is 1. The van der Waals surface area contributed by atoms with Crippen LogP contribution in [0.3, 0.4) is 0 Å². The highest BCUT2D eigenvalue weighted by atomic mass is 19.1. The molecular weight excluding hydrogens is 273 g/mol. The number of primary amides is 1. The minimum atomic E-state index is -0.767. The summed E-state index contributed by atoms with van der Waals surface area (Å²) in [7, 11) is 0. The van der Waals surface area contributed by atoms with Crippen LogP contribution in [0.2, 0.25) is 0 Å². The number of hydrogen-bond donors (Lipinski definition) is 3. The first-order chi connectivity index (χ1) is 9.88. The molecule has 2 aromatic carbocycles. The number of halogens is 1. The highest BCUT2D eigenvalue weighted by Gasteiger charge is 2.13. The second kappa shape index (κ2) is 5.62. The summed E-state index contributed by atoms with van der Waals surface area (Å²) in [5.41, 5.74) is 12.0. The van der Waals surface area contributed by atoms with Gasteiger partial charge in [0, 0.05) is 28.1 Å². The van der Waals surface area contributed by atoms with Crippen LogP contribution in [0.15, 0.2) is 36.4 Å². The van der Waals surface area contributed by atoms with E-state index in [9.17, 15) is 14.0 Å². The molecule has 5 N–H and O–H groups in total. The second-order valence-electron chi connectivity index (χ2n) is 4.57. The third-order valence-electron chi connectivity index (χ3n) is 3.05. The number of hydrogen-bond acceptors (Lipinski definition) is 3. The molecule has 0 fully saturated rings. The van der Waals surface area contributed by atoms with Crippen molar-refractivity contribution in [3.8, 4) is 0 Å². The van der Waals surface area contributed by atoms with Gasteiger partial charge >= 0.3 is 0 Å². The van der Waals surface area contributed by atoms with Gasteiger partial charge in [0.25, 0.3) is 5.91 Å². The molecule has 0 aliphatic heterocycles. The van der Waals surface area contributed by atoms with Gasteiger partial charge < -0.3 is 16.8 Å². The van der Waals surface area contributed by atoms with E-state index in [0.29, 0.717) is 11.3 Å². The molecule has 0 aromatic heterocycles. The van der Waals surface area contributed by atoms with Gasteiger partial charge in [0.05, 0.1) is 0 Å². The fraction of sp³-hybridized carbons (Fsp3) is 0.0667. The smallest absolute Gasteiger partial charge is 0.255 e. The van der Waals surface area contributed by atoms with Gasteiger partial charge in [-0.2, -0.15) is 0 Å². The number of benzene rings is 2. The summed E-state index contributed by atoms with van der Waals surface area (Å²) < 4.78 is 13.7. The van der Waals surface area contributed by atoms with Crippen molar-refractivity contribution in [2.75, 3.05) is 11.1 Å². The Morgan fingerprint density at radius 1 is 1.10 bits per heavy atom. The van der Waals surface area contributed by atoms with Crippen molar-refractivity contribution >= 4 is 23.2 Å². The Bertz CT molecular complexity index is 712. The van der Waals surface area contributed by atoms with Gasteiger partial charge in [-0.25, -0.2) is 4.39 Å². The van der Waals surface area contributed by atoms with Crippen molar-refractivity contribution in [3.05, 3.63) is 58.9 Å². The standard InChI is InChI=1S/C15H14FN3O2/c1-8-12(16)6-10(14(18)20)7-13(8)19-15(21)9-2-4-11(17)5-3-9/h2-7H,17H2,1H3,(H2,18,20)(H,19,21). The van der Waals surface area contributed by atoms with Crippen molar-refractivity contribution in [1.82, 2.24) is 0 Å². The Kier molecular flexibility index (Phi) is 3.89. The van der Waals surface area contributed by atoms with Crippen molar-refractivity contribution in [2.45, 2.75) is 6.92 Å². The molecule has 0 atom stereocenters. The van der Waals surface area contributed by atoms with E-state index < -0.39 is 17.6 Å². The Balaban J connectivity index is 2.32. The lowest BCUT2D eigenvalue weighted by atomic mass is 10.1. The molecule has 0 saturated heterocycles. The molecule has 0 bridgehead atoms. The van der Waals surface area contributed by atoms with Crippen LogP contribution in [0.4, 0.5) is 15.8 Å². The number of carbonyl (C=O) groups is 2. The SMILES string of the molecule is Cc1c(F)cc(C(N)=O)cc1NC(=O)c1ccc(N)cc1. The number of amides is 2. The summed E-state index contributed by atoms with van der Waals surface area (Å²) in [5.74, 6) is -1.81. The average Bonchev–Trinajstić information content (AvgIpc) is 2.44. The van der Waals surface area contributed by atoms with Gasteiger partial charge in [0.1, 0.15) is 5.82 Å². The molecule has 0 unspecified atom stereocenters. The summed E-state index contributed by atoms with van der Waals surface area (Å²) in [6, 6.07) is 8.65. The molecule has 0 radical (unpaired) electrons. The quantitative estimate of drug-likeness (QED) is 0.753. The van der Waals surface area contributed by atoms with Gasteiger partial charge in [0.15, 0.2) is 0 Å². The van der Waals surface area contributed by atoms with E-state index in [1.165, 1.54) is 13.0 Å². The number of carbonyl (C=O) groups excluding carboxylic acids is 2. The molecule has 0 aliphatic carbocycles. The van der Waals surface area contributed by atoms with E-state index in [0.717, 1.165) is 6.07 Å². The van der Waals surface area contributed by atoms with Gasteiger partial charge in [-0.1, -0.05) is 0 Å². The maximum absolute atomic E-state index is 13.7. The van der Waals surface area contributed by atoms with Crippen molar-refractivity contribution in [2.24, 2.45) is 5.73 Å². The normalized spacial score (nSPS) is 10.2. The summed E-state index contributed by atoms with van der Waals surface area (Å²) in [4.78, 5) is 23.2. The first-order valence-corrected chi connectivity index (χ1v) is 6.15. The first-order valence-electron chi connectivity index (χ1n) is 6.15. The van der Waals surface area contributed by atoms with Crippen LogP contribution < -0.4 is 16.8 Å². The van der Waals surface area contributed by atoms with Crippen molar-refractivity contribution in [3.63, 3.8) is 0 Å². The Morgan fingerprint density at radius 2 is 1.71 bits per heavy atom. The first kappa shape index (κ1) is 14.5. The monoisotopic (exact) mass is 287 g/mol. The third kappa shape index (κ3) is 3.17. The van der Waals surface area contributed by atoms with Gasteiger partial charge in [-0.3, -0.25) is 9.59 Å². The fourth-order valence-electron chi connectivity index (χ4n) is 1.78. The van der Waals surface area contributed by atoms with Gasteiger partial charge in [0.2, 0.25) is 5.91 Å². The summed E-state index contributed by atoms with van der Waals surface area (Å²) >= 11 is 0. The van der Waals surface area contributed by atoms with Crippen LogP contribution in [0.25, 0.3) is 0 Å². The zero-order valence-corrected chi connectivity index (χ0v) is 11.3. The maximum atomic E-state index is 13.7. The van der Waals surface area contributed by atoms with Crippen LogP contribution >= 0.6 is 0 Å². The predicted molar refractivity (Wildman–Crippen MR) is 78.5 cm³/mol. The molecule has 0 aliphatic rings. The highest BCUT2D eigenvalue weighted by molar-refractivity contribution is 6.05. The Hall–Kier alpha value is -2.89. The van der Waals surface area contributed by atoms with E-state index in [4.69, 9.17) is 11.5 Å². The molecule has 2 amide bonds. The summed E-state index contributed by atoms with van der Waals surface area (Å²) in [5, 5.41) is 2.55. The number of nitrogens with two attached hydrogens (primary N) is 2. The minimum absolute atomic E-state index is 0.00861. The third-order valence-corrected chi connectivity index (χ3v) is 3.05. The van der Waals surface area contributed by atoms with Gasteiger partial charge in [-0.15, -0.1) is 0 Å². The Morgan fingerprint density at radius 3 is 2.29 bits per heavy atom. The van der Waals surface area contributed by atoms with Crippen LogP contribution in [0.1, 0.15) is 26.3 Å². The summed E-state index contributed by atoms with van der Waals surface area (Å²) in [6.07, 6.45) is 0. The van der Waals surface area contributed by atoms with E-state index >= 15 is 0 Å². The zero-order valence-electron chi connectivity index (χ0n) is 11.3. The van der Waals surface area contributed by atoms with E-state index in [1.54, 1.807) is 24.3 Å². The van der Waals surface area contributed by atoms with E-state index in [-0.39, 0.29) is 16.8 Å². The average molecular weight is 287 g/mol. The maximum Gasteiger partial charge on any atom is 0.255 e. The molecule has 5 nitrogen and oxygen atoms in total. The minimum Gasteiger partial charge on any atom is -0.399 e. The summed E-state index contributed by atoms with van der Waals surface area (Å²) in [6.45, 7) is 1.50. The predicted octanol–water partition coefficient (Wildman–Crippen LogP) is 2.07. The van der Waals surface area contributed by atoms with Crippen LogP contribution in [0.5, 0.6) is 0 Å². The van der Waals surface area contributed by atoms with E-state index in [2.05, 4.69) is 5.32 Å². The topological polar surface area (TPSA) is 98.2 Å². The van der Waals surface area contributed by atoms with Crippen LogP contribution in [0, 0.1) is 12.7 Å². The van der Waals surface area contributed by atoms with Crippen molar-refractivity contribution in [1.29, 1.82) is 0 Å². The number of nitrogen functional groups attached to an aromatic ring is 1. The fourth-order valence-corrected chi connectivity index (χ4v) is 1.78. The Labute approximate surface area is 120 Å².